The number of amides is 1. The first-order chi connectivity index (χ1) is 10.0. The minimum absolute atomic E-state index is 0.0808. The summed E-state index contributed by atoms with van der Waals surface area (Å²) in [7, 11) is 1.56. The maximum atomic E-state index is 13.1. The molecule has 6 heteroatoms. The Morgan fingerprint density at radius 2 is 2.05 bits per heavy atom. The fourth-order valence-electron chi connectivity index (χ4n) is 1.86. The van der Waals surface area contributed by atoms with Gasteiger partial charge in [-0.25, -0.2) is 4.39 Å². The van der Waals surface area contributed by atoms with Gasteiger partial charge < -0.3 is 16.4 Å². The van der Waals surface area contributed by atoms with Gasteiger partial charge >= 0.3 is 0 Å². The second kappa shape index (κ2) is 6.45. The standard InChI is InChI=1S/C15H15ClFN3O/c1-19-15(21)10-3-5-14(13(18)7-10)20-8-9-2-4-12(17)11(16)6-9/h2-7,20H,8,18H2,1H3,(H,19,21). The number of anilines is 2. The van der Waals surface area contributed by atoms with Crippen LogP contribution in [0.1, 0.15) is 15.9 Å². The molecule has 0 radical (unpaired) electrons. The van der Waals surface area contributed by atoms with Crippen LogP contribution in [0.15, 0.2) is 36.4 Å². The van der Waals surface area contributed by atoms with E-state index in [9.17, 15) is 9.18 Å². The fourth-order valence-corrected chi connectivity index (χ4v) is 2.06. The molecule has 0 aliphatic heterocycles. The van der Waals surface area contributed by atoms with Gasteiger partial charge in [-0.3, -0.25) is 4.79 Å². The lowest BCUT2D eigenvalue weighted by molar-refractivity contribution is 0.0963. The number of hydrogen-bond acceptors (Lipinski definition) is 3. The SMILES string of the molecule is CNC(=O)c1ccc(NCc2ccc(F)c(Cl)c2)c(N)c1. The van der Waals surface area contributed by atoms with Crippen LogP contribution in [-0.4, -0.2) is 13.0 Å². The minimum Gasteiger partial charge on any atom is -0.397 e. The fraction of sp³-hybridized carbons (Fsp3) is 0.133. The number of nitrogens with two attached hydrogens (primary N) is 1. The molecule has 0 aliphatic carbocycles. The van der Waals surface area contributed by atoms with Crippen molar-refractivity contribution in [2.24, 2.45) is 0 Å². The van der Waals surface area contributed by atoms with Gasteiger partial charge in [0.15, 0.2) is 0 Å². The van der Waals surface area contributed by atoms with Crippen LogP contribution in [0.3, 0.4) is 0 Å². The largest absolute Gasteiger partial charge is 0.397 e. The monoisotopic (exact) mass is 307 g/mol. The van der Waals surface area contributed by atoms with E-state index in [0.29, 0.717) is 23.5 Å². The number of nitrogens with one attached hydrogen (secondary N) is 2. The molecular formula is C15H15ClFN3O. The van der Waals surface area contributed by atoms with Crippen molar-refractivity contribution >= 4 is 28.9 Å². The molecule has 0 aromatic heterocycles. The molecule has 0 fully saturated rings. The van der Waals surface area contributed by atoms with Crippen molar-refractivity contribution in [3.05, 3.63) is 58.4 Å². The van der Waals surface area contributed by atoms with Gasteiger partial charge in [0.25, 0.3) is 5.91 Å². The van der Waals surface area contributed by atoms with Crippen LogP contribution >= 0.6 is 11.6 Å². The van der Waals surface area contributed by atoms with Crippen molar-refractivity contribution in [2.75, 3.05) is 18.1 Å². The zero-order chi connectivity index (χ0) is 15.4. The Bertz CT molecular complexity index is 676. The lowest BCUT2D eigenvalue weighted by Gasteiger charge is -2.11. The van der Waals surface area contributed by atoms with Crippen molar-refractivity contribution < 1.29 is 9.18 Å². The van der Waals surface area contributed by atoms with E-state index >= 15 is 0 Å². The van der Waals surface area contributed by atoms with Gasteiger partial charge in [-0.2, -0.15) is 0 Å². The van der Waals surface area contributed by atoms with Gasteiger partial charge in [0.1, 0.15) is 5.82 Å². The van der Waals surface area contributed by atoms with E-state index in [4.69, 9.17) is 17.3 Å². The van der Waals surface area contributed by atoms with Gasteiger partial charge in [0, 0.05) is 19.2 Å². The molecule has 0 atom stereocenters. The van der Waals surface area contributed by atoms with Gasteiger partial charge in [-0.05, 0) is 35.9 Å². The Balaban J connectivity index is 2.09. The highest BCUT2D eigenvalue weighted by Crippen LogP contribution is 2.22. The number of halogens is 2. The van der Waals surface area contributed by atoms with E-state index in [0.717, 1.165) is 5.56 Å². The molecule has 2 rings (SSSR count). The van der Waals surface area contributed by atoms with Crippen LogP contribution in [-0.2, 0) is 6.54 Å². The van der Waals surface area contributed by atoms with Crippen molar-refractivity contribution in [2.45, 2.75) is 6.54 Å². The molecule has 0 unspecified atom stereocenters. The topological polar surface area (TPSA) is 67.2 Å². The first-order valence-electron chi connectivity index (χ1n) is 6.30. The summed E-state index contributed by atoms with van der Waals surface area (Å²) >= 11 is 5.73. The minimum atomic E-state index is -0.449. The predicted octanol–water partition coefficient (Wildman–Crippen LogP) is 3.03. The zero-order valence-corrected chi connectivity index (χ0v) is 12.2. The highest BCUT2D eigenvalue weighted by molar-refractivity contribution is 6.30. The van der Waals surface area contributed by atoms with Crippen LogP contribution < -0.4 is 16.4 Å². The Hall–Kier alpha value is -2.27. The van der Waals surface area contributed by atoms with Gasteiger partial charge in [-0.1, -0.05) is 17.7 Å². The smallest absolute Gasteiger partial charge is 0.251 e. The molecule has 1 amide bonds. The highest BCUT2D eigenvalue weighted by atomic mass is 35.5. The lowest BCUT2D eigenvalue weighted by atomic mass is 10.1. The number of hydrogen-bond donors (Lipinski definition) is 3. The van der Waals surface area contributed by atoms with Crippen LogP contribution in [0.5, 0.6) is 0 Å². The van der Waals surface area contributed by atoms with Gasteiger partial charge in [-0.15, -0.1) is 0 Å². The summed E-state index contributed by atoms with van der Waals surface area (Å²) in [5.41, 5.74) is 8.38. The number of rotatable bonds is 4. The van der Waals surface area contributed by atoms with Gasteiger partial charge in [0.2, 0.25) is 0 Å². The average molecular weight is 308 g/mol. The lowest BCUT2D eigenvalue weighted by Crippen LogP contribution is -2.18. The molecule has 0 bridgehead atoms. The van der Waals surface area contributed by atoms with Crippen LogP contribution in [0.2, 0.25) is 5.02 Å². The summed E-state index contributed by atoms with van der Waals surface area (Å²) in [6.45, 7) is 0.448. The zero-order valence-electron chi connectivity index (χ0n) is 11.4. The Labute approximate surface area is 127 Å². The molecule has 4 nitrogen and oxygen atoms in total. The third-order valence-corrected chi connectivity index (χ3v) is 3.30. The maximum Gasteiger partial charge on any atom is 0.251 e. The molecule has 0 aliphatic rings. The normalized spacial score (nSPS) is 10.2. The quantitative estimate of drug-likeness (QED) is 0.761. The number of carbonyl (C=O) groups is 1. The van der Waals surface area contributed by atoms with Crippen molar-refractivity contribution in [1.29, 1.82) is 0 Å². The molecule has 110 valence electrons. The molecule has 0 saturated carbocycles. The molecule has 4 N–H and O–H groups in total. The maximum absolute atomic E-state index is 13.1. The van der Waals surface area contributed by atoms with E-state index in [2.05, 4.69) is 10.6 Å². The second-order valence-electron chi connectivity index (χ2n) is 4.48. The van der Waals surface area contributed by atoms with Crippen molar-refractivity contribution in [1.82, 2.24) is 5.32 Å². The van der Waals surface area contributed by atoms with E-state index in [1.54, 1.807) is 37.4 Å². The predicted molar refractivity (Wildman–Crippen MR) is 83.0 cm³/mol. The molecule has 0 heterocycles. The van der Waals surface area contributed by atoms with Crippen LogP contribution in [0.25, 0.3) is 0 Å². The Kier molecular flexibility index (Phi) is 4.65. The third-order valence-electron chi connectivity index (χ3n) is 3.01. The van der Waals surface area contributed by atoms with E-state index in [1.165, 1.54) is 6.07 Å². The summed E-state index contributed by atoms with van der Waals surface area (Å²) < 4.78 is 13.1. The Morgan fingerprint density at radius 1 is 1.29 bits per heavy atom. The van der Waals surface area contributed by atoms with Crippen molar-refractivity contribution in [3.63, 3.8) is 0 Å². The van der Waals surface area contributed by atoms with E-state index in [1.807, 2.05) is 0 Å². The van der Waals surface area contributed by atoms with E-state index < -0.39 is 5.82 Å². The van der Waals surface area contributed by atoms with Gasteiger partial charge in [0.05, 0.1) is 16.4 Å². The molecule has 2 aromatic rings. The third kappa shape index (κ3) is 3.64. The summed E-state index contributed by atoms with van der Waals surface area (Å²) in [5.74, 6) is -0.645. The number of carbonyl (C=O) groups excluding carboxylic acids is 1. The molecule has 21 heavy (non-hydrogen) atoms. The van der Waals surface area contributed by atoms with E-state index in [-0.39, 0.29) is 10.9 Å². The number of benzene rings is 2. The van der Waals surface area contributed by atoms with Crippen molar-refractivity contribution in [3.8, 4) is 0 Å². The highest BCUT2D eigenvalue weighted by Gasteiger charge is 2.07. The molecule has 0 spiro atoms. The Morgan fingerprint density at radius 3 is 2.67 bits per heavy atom. The summed E-state index contributed by atoms with van der Waals surface area (Å²) in [5, 5.41) is 5.74. The summed E-state index contributed by atoms with van der Waals surface area (Å²) in [6.07, 6.45) is 0. The second-order valence-corrected chi connectivity index (χ2v) is 4.89. The first kappa shape index (κ1) is 15.1. The summed E-state index contributed by atoms with van der Waals surface area (Å²) in [6, 6.07) is 9.51. The first-order valence-corrected chi connectivity index (χ1v) is 6.68. The number of nitrogen functional groups attached to an aromatic ring is 1. The molecular weight excluding hydrogens is 293 g/mol. The van der Waals surface area contributed by atoms with Crippen LogP contribution in [0, 0.1) is 5.82 Å². The molecule has 2 aromatic carbocycles. The summed E-state index contributed by atoms with van der Waals surface area (Å²) in [4.78, 5) is 11.5. The van der Waals surface area contributed by atoms with Crippen LogP contribution in [0.4, 0.5) is 15.8 Å². The average Bonchev–Trinajstić information content (AvgIpc) is 2.48. The molecule has 0 saturated heterocycles.